The van der Waals surface area contributed by atoms with Crippen molar-refractivity contribution in [1.29, 1.82) is 0 Å². The first-order valence-electron chi connectivity index (χ1n) is 14.1. The fourth-order valence-electron chi connectivity index (χ4n) is 4.67. The molecule has 0 heterocycles. The summed E-state index contributed by atoms with van der Waals surface area (Å²) in [7, 11) is -4.20. The second kappa shape index (κ2) is 14.3. The average Bonchev–Trinajstić information content (AvgIpc) is 2.98. The number of sulfonamides is 1. The van der Waals surface area contributed by atoms with Crippen LogP contribution >= 0.6 is 23.2 Å². The van der Waals surface area contributed by atoms with E-state index >= 15 is 0 Å². The summed E-state index contributed by atoms with van der Waals surface area (Å²) in [5.74, 6) is -0.923. The van der Waals surface area contributed by atoms with Gasteiger partial charge in [-0.15, -0.1) is 0 Å². The van der Waals surface area contributed by atoms with Crippen LogP contribution in [0.3, 0.4) is 0 Å². The van der Waals surface area contributed by atoms with Gasteiger partial charge in [0.15, 0.2) is 0 Å². The zero-order chi connectivity index (χ0) is 31.9. The van der Waals surface area contributed by atoms with Crippen LogP contribution in [0.1, 0.15) is 31.9 Å². The van der Waals surface area contributed by atoms with Crippen LogP contribution < -0.4 is 9.62 Å². The Kier molecular flexibility index (Phi) is 10.7. The number of carbonyl (C=O) groups excluding carboxylic acids is 2. The van der Waals surface area contributed by atoms with Crippen LogP contribution in [0.2, 0.25) is 10.0 Å². The summed E-state index contributed by atoms with van der Waals surface area (Å²) >= 11 is 12.4. The van der Waals surface area contributed by atoms with E-state index in [4.69, 9.17) is 23.2 Å². The molecule has 4 rings (SSSR count). The Hall–Kier alpha value is -3.85. The molecule has 0 aliphatic rings. The molecule has 1 N–H and O–H groups in total. The van der Waals surface area contributed by atoms with Crippen molar-refractivity contribution in [2.75, 3.05) is 10.8 Å². The van der Waals surface area contributed by atoms with E-state index in [0.29, 0.717) is 10.0 Å². The number of halogens is 2. The second-order valence-electron chi connectivity index (χ2n) is 11.4. The zero-order valence-corrected chi connectivity index (χ0v) is 27.1. The lowest BCUT2D eigenvalue weighted by molar-refractivity contribution is -0.140. The largest absolute Gasteiger partial charge is 0.350 e. The van der Waals surface area contributed by atoms with Crippen molar-refractivity contribution >= 4 is 50.7 Å². The third-order valence-electron chi connectivity index (χ3n) is 6.74. The quantitative estimate of drug-likeness (QED) is 0.194. The van der Waals surface area contributed by atoms with Crippen molar-refractivity contribution in [2.45, 2.75) is 50.2 Å². The van der Waals surface area contributed by atoms with Crippen LogP contribution in [-0.2, 0) is 32.6 Å². The van der Waals surface area contributed by atoms with Crippen LogP contribution in [0.15, 0.2) is 114 Å². The molecule has 7 nitrogen and oxygen atoms in total. The van der Waals surface area contributed by atoms with E-state index < -0.39 is 34.1 Å². The van der Waals surface area contributed by atoms with Crippen molar-refractivity contribution < 1.29 is 18.0 Å². The third-order valence-corrected chi connectivity index (χ3v) is 9.02. The minimum atomic E-state index is -4.20. The van der Waals surface area contributed by atoms with Crippen molar-refractivity contribution in [3.8, 4) is 0 Å². The highest BCUT2D eigenvalue weighted by Crippen LogP contribution is 2.27. The van der Waals surface area contributed by atoms with Gasteiger partial charge in [-0.1, -0.05) is 89.9 Å². The maximum atomic E-state index is 14.4. The van der Waals surface area contributed by atoms with E-state index in [9.17, 15) is 18.0 Å². The molecule has 230 valence electrons. The summed E-state index contributed by atoms with van der Waals surface area (Å²) in [6, 6.07) is 29.6. The summed E-state index contributed by atoms with van der Waals surface area (Å²) in [5, 5.41) is 3.85. The van der Waals surface area contributed by atoms with Crippen LogP contribution in [0.4, 0.5) is 5.69 Å². The average molecular weight is 653 g/mol. The molecule has 4 aromatic carbocycles. The number of benzene rings is 4. The molecule has 1 unspecified atom stereocenters. The first-order chi connectivity index (χ1) is 20.8. The van der Waals surface area contributed by atoms with Gasteiger partial charge in [-0.2, -0.15) is 0 Å². The maximum absolute atomic E-state index is 14.4. The summed E-state index contributed by atoms with van der Waals surface area (Å²) in [6.45, 7) is 5.06. The van der Waals surface area contributed by atoms with Crippen LogP contribution in [0.25, 0.3) is 0 Å². The molecule has 10 heteroatoms. The fourth-order valence-corrected chi connectivity index (χ4v) is 6.41. The van der Waals surface area contributed by atoms with Gasteiger partial charge in [-0.25, -0.2) is 8.42 Å². The minimum absolute atomic E-state index is 0.0170. The van der Waals surface area contributed by atoms with E-state index in [2.05, 4.69) is 5.32 Å². The van der Waals surface area contributed by atoms with Gasteiger partial charge in [-0.05, 0) is 74.4 Å². The van der Waals surface area contributed by atoms with E-state index in [1.54, 1.807) is 60.7 Å². The predicted octanol–water partition coefficient (Wildman–Crippen LogP) is 6.74. The molecule has 0 saturated carbocycles. The third kappa shape index (κ3) is 8.85. The molecular weight excluding hydrogens is 617 g/mol. The second-order valence-corrected chi connectivity index (χ2v) is 14.1. The number of rotatable bonds is 11. The number of amides is 2. The Morgan fingerprint density at radius 3 is 1.98 bits per heavy atom. The molecule has 0 aliphatic heterocycles. The van der Waals surface area contributed by atoms with Crippen molar-refractivity contribution in [3.63, 3.8) is 0 Å². The van der Waals surface area contributed by atoms with Gasteiger partial charge in [0.1, 0.15) is 12.6 Å². The number of hydrogen-bond acceptors (Lipinski definition) is 4. The highest BCUT2D eigenvalue weighted by Gasteiger charge is 2.35. The first kappa shape index (κ1) is 33.1. The highest BCUT2D eigenvalue weighted by atomic mass is 35.5. The van der Waals surface area contributed by atoms with Gasteiger partial charge in [0.05, 0.1) is 10.6 Å². The summed E-state index contributed by atoms with van der Waals surface area (Å²) in [5.41, 5.74) is 1.22. The molecule has 0 spiro atoms. The van der Waals surface area contributed by atoms with Crippen LogP contribution in [-0.4, -0.2) is 43.3 Å². The van der Waals surface area contributed by atoms with E-state index in [0.717, 1.165) is 15.4 Å². The topological polar surface area (TPSA) is 86.8 Å². The van der Waals surface area contributed by atoms with E-state index in [1.807, 2.05) is 51.1 Å². The molecule has 1 atom stereocenters. The SMILES string of the molecule is CC(C)(C)NC(=O)C(Cc1ccccc1)N(Cc1ccc(Cl)cc1)C(=O)CN(c1cccc(Cl)c1)S(=O)(=O)c1ccccc1. The van der Waals surface area contributed by atoms with Gasteiger partial charge in [0.25, 0.3) is 10.0 Å². The molecule has 0 aromatic heterocycles. The number of nitrogens with one attached hydrogen (secondary N) is 1. The molecule has 4 aromatic rings. The van der Waals surface area contributed by atoms with Crippen LogP contribution in [0, 0.1) is 0 Å². The van der Waals surface area contributed by atoms with E-state index in [1.165, 1.54) is 23.1 Å². The number of anilines is 1. The Balaban J connectivity index is 1.81. The highest BCUT2D eigenvalue weighted by molar-refractivity contribution is 7.92. The fraction of sp³-hybridized carbons (Fsp3) is 0.235. The van der Waals surface area contributed by atoms with Gasteiger partial charge >= 0.3 is 0 Å². The standard InChI is InChI=1S/C34H35Cl2N3O4S/c1-34(2,3)37-33(41)31(21-25-11-6-4-7-12-25)38(23-26-17-19-27(35)20-18-26)32(40)24-39(29-14-10-13-28(36)22-29)44(42,43)30-15-8-5-9-16-30/h4-20,22,31H,21,23-24H2,1-3H3,(H,37,41). The molecule has 0 aliphatic carbocycles. The maximum Gasteiger partial charge on any atom is 0.264 e. The Morgan fingerprint density at radius 1 is 0.773 bits per heavy atom. The predicted molar refractivity (Wildman–Crippen MR) is 176 cm³/mol. The molecule has 0 fully saturated rings. The number of hydrogen-bond donors (Lipinski definition) is 1. The van der Waals surface area contributed by atoms with Crippen LogP contribution in [0.5, 0.6) is 0 Å². The van der Waals surface area contributed by atoms with Crippen molar-refractivity contribution in [3.05, 3.63) is 130 Å². The Labute approximate surface area is 269 Å². The Morgan fingerprint density at radius 2 is 1.39 bits per heavy atom. The van der Waals surface area contributed by atoms with Crippen molar-refractivity contribution in [2.24, 2.45) is 0 Å². The number of nitrogens with zero attached hydrogens (tertiary/aromatic N) is 2. The van der Waals surface area contributed by atoms with Crippen molar-refractivity contribution in [1.82, 2.24) is 10.2 Å². The van der Waals surface area contributed by atoms with Gasteiger partial charge < -0.3 is 10.2 Å². The summed E-state index contributed by atoms with van der Waals surface area (Å²) in [4.78, 5) is 29.8. The minimum Gasteiger partial charge on any atom is -0.350 e. The lowest BCUT2D eigenvalue weighted by Gasteiger charge is -2.35. The summed E-state index contributed by atoms with van der Waals surface area (Å²) < 4.78 is 29.0. The summed E-state index contributed by atoms with van der Waals surface area (Å²) in [6.07, 6.45) is 0.213. The molecule has 0 bridgehead atoms. The first-order valence-corrected chi connectivity index (χ1v) is 16.3. The number of carbonyl (C=O) groups is 2. The monoisotopic (exact) mass is 651 g/mol. The molecular formula is C34H35Cl2N3O4S. The van der Waals surface area contributed by atoms with Gasteiger partial charge in [0, 0.05) is 28.5 Å². The van der Waals surface area contributed by atoms with Gasteiger partial charge in [0.2, 0.25) is 11.8 Å². The normalized spacial score (nSPS) is 12.3. The molecule has 0 saturated heterocycles. The molecule has 0 radical (unpaired) electrons. The lowest BCUT2D eigenvalue weighted by Crippen LogP contribution is -2.56. The molecule has 2 amide bonds. The lowest BCUT2D eigenvalue weighted by atomic mass is 10.0. The van der Waals surface area contributed by atoms with Gasteiger partial charge in [-0.3, -0.25) is 13.9 Å². The van der Waals surface area contributed by atoms with E-state index in [-0.39, 0.29) is 29.5 Å². The Bertz CT molecular complexity index is 1680. The zero-order valence-electron chi connectivity index (χ0n) is 24.8. The molecule has 44 heavy (non-hydrogen) atoms. The smallest absolute Gasteiger partial charge is 0.264 e.